The summed E-state index contributed by atoms with van der Waals surface area (Å²) >= 11 is 0. The van der Waals surface area contributed by atoms with E-state index in [1.807, 2.05) is 0 Å². The SMILES string of the molecule is CC1(CNCCS(=O)(=O)c2cccc(/C(N)=N/O)c2)CC1. The van der Waals surface area contributed by atoms with Gasteiger partial charge in [0.25, 0.3) is 0 Å². The minimum Gasteiger partial charge on any atom is -0.409 e. The molecule has 2 rings (SSSR count). The zero-order valence-electron chi connectivity index (χ0n) is 12.0. The highest BCUT2D eigenvalue weighted by molar-refractivity contribution is 7.91. The number of hydrogen-bond donors (Lipinski definition) is 3. The Morgan fingerprint density at radius 2 is 2.19 bits per heavy atom. The molecule has 0 bridgehead atoms. The molecule has 1 fully saturated rings. The second-order valence-electron chi connectivity index (χ2n) is 5.82. The van der Waals surface area contributed by atoms with Gasteiger partial charge in [0.1, 0.15) is 0 Å². The largest absolute Gasteiger partial charge is 0.409 e. The lowest BCUT2D eigenvalue weighted by atomic mass is 10.1. The molecule has 1 aromatic rings. The molecule has 0 atom stereocenters. The van der Waals surface area contributed by atoms with Crippen molar-refractivity contribution in [2.45, 2.75) is 24.7 Å². The minimum atomic E-state index is -3.38. The molecule has 116 valence electrons. The molecule has 1 aromatic carbocycles. The van der Waals surface area contributed by atoms with Crippen molar-refractivity contribution in [2.75, 3.05) is 18.8 Å². The molecule has 0 unspecified atom stereocenters. The average molecular weight is 311 g/mol. The molecule has 1 aliphatic carbocycles. The fourth-order valence-electron chi connectivity index (χ4n) is 2.01. The van der Waals surface area contributed by atoms with Crippen LogP contribution in [-0.4, -0.2) is 38.3 Å². The van der Waals surface area contributed by atoms with Crippen LogP contribution in [0.4, 0.5) is 0 Å². The molecule has 21 heavy (non-hydrogen) atoms. The number of rotatable bonds is 7. The van der Waals surface area contributed by atoms with Crippen LogP contribution in [0, 0.1) is 5.41 Å². The molecule has 1 saturated carbocycles. The number of sulfone groups is 1. The van der Waals surface area contributed by atoms with Crippen molar-refractivity contribution in [3.05, 3.63) is 29.8 Å². The van der Waals surface area contributed by atoms with Crippen LogP contribution in [-0.2, 0) is 9.84 Å². The van der Waals surface area contributed by atoms with Gasteiger partial charge in [0.15, 0.2) is 15.7 Å². The lowest BCUT2D eigenvalue weighted by Crippen LogP contribution is -2.28. The fourth-order valence-corrected chi connectivity index (χ4v) is 3.25. The maximum Gasteiger partial charge on any atom is 0.179 e. The Balaban J connectivity index is 1.98. The molecule has 0 amide bonds. The first kappa shape index (κ1) is 15.8. The van der Waals surface area contributed by atoms with Crippen molar-refractivity contribution in [1.29, 1.82) is 0 Å². The van der Waals surface area contributed by atoms with Gasteiger partial charge in [0.05, 0.1) is 10.6 Å². The van der Waals surface area contributed by atoms with Crippen molar-refractivity contribution in [3.63, 3.8) is 0 Å². The maximum absolute atomic E-state index is 12.3. The monoisotopic (exact) mass is 311 g/mol. The van der Waals surface area contributed by atoms with Crippen molar-refractivity contribution < 1.29 is 13.6 Å². The topological polar surface area (TPSA) is 105 Å². The van der Waals surface area contributed by atoms with Crippen molar-refractivity contribution in [1.82, 2.24) is 5.32 Å². The predicted octanol–water partition coefficient (Wildman–Crippen LogP) is 0.945. The van der Waals surface area contributed by atoms with Gasteiger partial charge < -0.3 is 16.3 Å². The Morgan fingerprint density at radius 3 is 2.81 bits per heavy atom. The molecule has 0 aliphatic heterocycles. The maximum atomic E-state index is 12.3. The molecule has 1 aliphatic rings. The first-order chi connectivity index (χ1) is 9.86. The van der Waals surface area contributed by atoms with Gasteiger partial charge in [-0.15, -0.1) is 0 Å². The van der Waals surface area contributed by atoms with Gasteiger partial charge in [0.2, 0.25) is 0 Å². The minimum absolute atomic E-state index is 0.0305. The third-order valence-corrected chi connectivity index (χ3v) is 5.51. The summed E-state index contributed by atoms with van der Waals surface area (Å²) in [7, 11) is -3.38. The van der Waals surface area contributed by atoms with Crippen LogP contribution in [0.25, 0.3) is 0 Å². The molecule has 4 N–H and O–H groups in total. The van der Waals surface area contributed by atoms with E-state index in [0.717, 1.165) is 6.54 Å². The summed E-state index contributed by atoms with van der Waals surface area (Å²) in [6.45, 7) is 3.47. The molecule has 0 spiro atoms. The number of nitrogens with two attached hydrogens (primary N) is 1. The number of nitrogens with zero attached hydrogens (tertiary/aromatic N) is 1. The quantitative estimate of drug-likeness (QED) is 0.228. The van der Waals surface area contributed by atoms with Crippen LogP contribution in [0.5, 0.6) is 0 Å². The van der Waals surface area contributed by atoms with E-state index in [1.54, 1.807) is 12.1 Å². The van der Waals surface area contributed by atoms with E-state index in [0.29, 0.717) is 17.5 Å². The predicted molar refractivity (Wildman–Crippen MR) is 81.2 cm³/mol. The lowest BCUT2D eigenvalue weighted by Gasteiger charge is -2.10. The second-order valence-corrected chi connectivity index (χ2v) is 7.93. The average Bonchev–Trinajstić information content (AvgIpc) is 3.21. The fraction of sp³-hybridized carbons (Fsp3) is 0.500. The van der Waals surface area contributed by atoms with Gasteiger partial charge in [-0.05, 0) is 30.4 Å². The number of oxime groups is 1. The summed E-state index contributed by atoms with van der Waals surface area (Å²) in [6, 6.07) is 6.12. The van der Waals surface area contributed by atoms with Crippen LogP contribution < -0.4 is 11.1 Å². The summed E-state index contributed by atoms with van der Waals surface area (Å²) in [5, 5.41) is 14.7. The molecular formula is C14H21N3O3S. The van der Waals surface area contributed by atoms with Gasteiger partial charge in [-0.3, -0.25) is 0 Å². The smallest absolute Gasteiger partial charge is 0.179 e. The lowest BCUT2D eigenvalue weighted by molar-refractivity contribution is 0.318. The highest BCUT2D eigenvalue weighted by Crippen LogP contribution is 2.43. The Labute approximate surface area is 125 Å². The normalized spacial score (nSPS) is 17.7. The first-order valence-electron chi connectivity index (χ1n) is 6.88. The summed E-state index contributed by atoms with van der Waals surface area (Å²) in [6.07, 6.45) is 2.41. The highest BCUT2D eigenvalue weighted by atomic mass is 32.2. The van der Waals surface area contributed by atoms with Gasteiger partial charge in [-0.2, -0.15) is 0 Å². The van der Waals surface area contributed by atoms with Crippen LogP contribution >= 0.6 is 0 Å². The van der Waals surface area contributed by atoms with E-state index in [2.05, 4.69) is 17.4 Å². The molecule has 0 saturated heterocycles. The Hall–Kier alpha value is -1.60. The zero-order chi connectivity index (χ0) is 15.5. The van der Waals surface area contributed by atoms with Crippen molar-refractivity contribution >= 4 is 15.7 Å². The first-order valence-corrected chi connectivity index (χ1v) is 8.53. The second kappa shape index (κ2) is 6.03. The van der Waals surface area contributed by atoms with Crippen LogP contribution in [0.3, 0.4) is 0 Å². The molecule has 0 heterocycles. The summed E-state index contributed by atoms with van der Waals surface area (Å²) < 4.78 is 24.5. The number of benzene rings is 1. The standard InChI is InChI=1S/C14H21N3O3S/c1-14(5-6-14)10-16-7-8-21(19,20)12-4-2-3-11(9-12)13(15)17-18/h2-4,9,16,18H,5-8,10H2,1H3,(H2,15,17). The summed E-state index contributed by atoms with van der Waals surface area (Å²) in [4.78, 5) is 0.186. The zero-order valence-corrected chi connectivity index (χ0v) is 12.9. The van der Waals surface area contributed by atoms with Crippen LogP contribution in [0.2, 0.25) is 0 Å². The van der Waals surface area contributed by atoms with Gasteiger partial charge in [-0.1, -0.05) is 24.2 Å². The van der Waals surface area contributed by atoms with Crippen LogP contribution in [0.15, 0.2) is 34.3 Å². The third-order valence-electron chi connectivity index (χ3n) is 3.80. The summed E-state index contributed by atoms with van der Waals surface area (Å²) in [5.74, 6) is -0.0743. The van der Waals surface area contributed by atoms with Gasteiger partial charge in [-0.25, -0.2) is 8.42 Å². The van der Waals surface area contributed by atoms with E-state index < -0.39 is 9.84 Å². The molecule has 7 heteroatoms. The number of hydrogen-bond acceptors (Lipinski definition) is 5. The van der Waals surface area contributed by atoms with Crippen molar-refractivity contribution in [2.24, 2.45) is 16.3 Å². The Bertz CT molecular complexity index is 637. The van der Waals surface area contributed by atoms with E-state index in [-0.39, 0.29) is 16.5 Å². The highest BCUT2D eigenvalue weighted by Gasteiger charge is 2.36. The van der Waals surface area contributed by atoms with Crippen molar-refractivity contribution in [3.8, 4) is 0 Å². The van der Waals surface area contributed by atoms with E-state index >= 15 is 0 Å². The molecule has 0 aromatic heterocycles. The van der Waals surface area contributed by atoms with Gasteiger partial charge in [0, 0.05) is 18.7 Å². The molecule has 6 nitrogen and oxygen atoms in total. The molecular weight excluding hydrogens is 290 g/mol. The van der Waals surface area contributed by atoms with E-state index in [1.165, 1.54) is 25.0 Å². The van der Waals surface area contributed by atoms with E-state index in [9.17, 15) is 8.42 Å². The van der Waals surface area contributed by atoms with E-state index in [4.69, 9.17) is 10.9 Å². The number of nitrogens with one attached hydrogen (secondary N) is 1. The van der Waals surface area contributed by atoms with Crippen LogP contribution in [0.1, 0.15) is 25.3 Å². The molecule has 0 radical (unpaired) electrons. The number of amidine groups is 1. The van der Waals surface area contributed by atoms with Gasteiger partial charge >= 0.3 is 0 Å². The Morgan fingerprint density at radius 1 is 1.48 bits per heavy atom. The summed E-state index contributed by atoms with van der Waals surface area (Å²) in [5.41, 5.74) is 6.22. The Kier molecular flexibility index (Phi) is 4.53. The third kappa shape index (κ3) is 4.18.